The van der Waals surface area contributed by atoms with Crippen LogP contribution >= 0.6 is 11.9 Å². The van der Waals surface area contributed by atoms with E-state index in [9.17, 15) is 0 Å². The lowest BCUT2D eigenvalue weighted by molar-refractivity contribution is 0.158. The molecule has 0 saturated carbocycles. The number of benzene rings is 4. The molecule has 3 heteroatoms. The minimum Gasteiger partial charge on any atom is -0.303 e. The lowest BCUT2D eigenvalue weighted by Gasteiger charge is -2.38. The lowest BCUT2D eigenvalue weighted by Crippen LogP contribution is -2.41. The zero-order chi connectivity index (χ0) is 27.2. The molecule has 4 aromatic rings. The molecule has 0 radical (unpaired) electrons. The maximum absolute atomic E-state index is 2.77. The molecule has 208 valence electrons. The number of likely N-dealkylation sites (N-methyl/N-ethyl adjacent to an activating group) is 1. The van der Waals surface area contributed by atoms with Crippen LogP contribution in [0.15, 0.2) is 102 Å². The maximum Gasteiger partial charge on any atom is 0.0308 e. The van der Waals surface area contributed by atoms with Crippen LogP contribution in [-0.4, -0.2) is 42.4 Å². The number of hydrogen-bond donors (Lipinski definition) is 0. The number of piperidine rings is 1. The van der Waals surface area contributed by atoms with Crippen molar-refractivity contribution >= 4 is 22.7 Å². The Kier molecular flexibility index (Phi) is 8.92. The Balaban J connectivity index is 1.07. The minimum atomic E-state index is 0.232. The quantitative estimate of drug-likeness (QED) is 0.173. The Hall–Kier alpha value is -2.59. The van der Waals surface area contributed by atoms with E-state index >= 15 is 0 Å². The number of rotatable bonds is 11. The van der Waals surface area contributed by atoms with E-state index in [4.69, 9.17) is 0 Å². The van der Waals surface area contributed by atoms with Crippen LogP contribution in [-0.2, 0) is 18.3 Å². The molecule has 1 aliphatic carbocycles. The maximum atomic E-state index is 2.77. The summed E-state index contributed by atoms with van der Waals surface area (Å²) in [5, 5.41) is 2.68. The van der Waals surface area contributed by atoms with Gasteiger partial charge in [0.15, 0.2) is 0 Å². The van der Waals surface area contributed by atoms with Crippen molar-refractivity contribution in [1.82, 2.24) is 9.21 Å². The summed E-state index contributed by atoms with van der Waals surface area (Å²) in [5.41, 5.74) is 4.90. The molecule has 6 rings (SSSR count). The molecule has 1 heterocycles. The van der Waals surface area contributed by atoms with Gasteiger partial charge in [-0.25, -0.2) is 4.31 Å². The van der Waals surface area contributed by atoms with E-state index in [0.29, 0.717) is 0 Å². The van der Waals surface area contributed by atoms with Crippen LogP contribution in [0.4, 0.5) is 0 Å². The first-order chi connectivity index (χ1) is 19.7. The highest BCUT2D eigenvalue weighted by molar-refractivity contribution is 7.97. The van der Waals surface area contributed by atoms with Crippen molar-refractivity contribution in [1.29, 1.82) is 0 Å². The van der Waals surface area contributed by atoms with Crippen molar-refractivity contribution in [2.75, 3.05) is 33.2 Å². The molecule has 0 amide bonds. The number of hydrogen-bond acceptors (Lipinski definition) is 3. The van der Waals surface area contributed by atoms with Gasteiger partial charge in [-0.3, -0.25) is 0 Å². The van der Waals surface area contributed by atoms with Crippen LogP contribution in [0.1, 0.15) is 55.2 Å². The van der Waals surface area contributed by atoms with Gasteiger partial charge in [-0.2, -0.15) is 0 Å². The molecule has 4 aromatic carbocycles. The Morgan fingerprint density at radius 3 is 2.48 bits per heavy atom. The van der Waals surface area contributed by atoms with Gasteiger partial charge < -0.3 is 4.90 Å². The zero-order valence-electron chi connectivity index (χ0n) is 24.1. The molecule has 1 fully saturated rings. The number of nitrogens with zero attached hydrogens (tertiary/aromatic N) is 2. The summed E-state index contributed by atoms with van der Waals surface area (Å²) in [6.45, 7) is 4.86. The molecule has 0 N–H and O–H groups in total. The van der Waals surface area contributed by atoms with Crippen molar-refractivity contribution < 1.29 is 0 Å². The van der Waals surface area contributed by atoms with Gasteiger partial charge in [0.1, 0.15) is 0 Å². The van der Waals surface area contributed by atoms with Crippen LogP contribution in [0.3, 0.4) is 0 Å². The van der Waals surface area contributed by atoms with Crippen molar-refractivity contribution in [3.05, 3.63) is 114 Å². The fourth-order valence-electron chi connectivity index (χ4n) is 7.28. The number of fused-ring (bicyclic) bond motifs is 2. The summed E-state index contributed by atoms with van der Waals surface area (Å²) in [5.74, 6) is 0.907. The van der Waals surface area contributed by atoms with E-state index in [1.807, 2.05) is 11.9 Å². The van der Waals surface area contributed by atoms with E-state index in [0.717, 1.165) is 12.5 Å². The third-order valence-electron chi connectivity index (χ3n) is 9.53. The number of likely N-dealkylation sites (tertiary alicyclic amines) is 1. The summed E-state index contributed by atoms with van der Waals surface area (Å²) in [6.07, 6.45) is 10.4. The summed E-state index contributed by atoms with van der Waals surface area (Å²) in [7, 11) is 2.30. The van der Waals surface area contributed by atoms with Gasteiger partial charge >= 0.3 is 0 Å². The zero-order valence-corrected chi connectivity index (χ0v) is 24.9. The van der Waals surface area contributed by atoms with Gasteiger partial charge in [0.25, 0.3) is 0 Å². The van der Waals surface area contributed by atoms with Gasteiger partial charge in [-0.15, -0.1) is 0 Å². The van der Waals surface area contributed by atoms with Crippen molar-refractivity contribution in [2.45, 2.75) is 61.7 Å². The van der Waals surface area contributed by atoms with Crippen molar-refractivity contribution in [3.8, 4) is 0 Å². The molecule has 0 aromatic heterocycles. The molecule has 2 nitrogen and oxygen atoms in total. The second kappa shape index (κ2) is 12.9. The first-order valence-electron chi connectivity index (χ1n) is 15.4. The van der Waals surface area contributed by atoms with Gasteiger partial charge in [-0.05, 0) is 123 Å². The van der Waals surface area contributed by atoms with Crippen molar-refractivity contribution in [3.63, 3.8) is 0 Å². The molecule has 0 bridgehead atoms. The molecular weight excluding hydrogens is 504 g/mol. The van der Waals surface area contributed by atoms with Crippen molar-refractivity contribution in [2.24, 2.45) is 5.92 Å². The van der Waals surface area contributed by atoms with Gasteiger partial charge in [-0.1, -0.05) is 97.4 Å². The second-order valence-electron chi connectivity index (χ2n) is 12.2. The first-order valence-corrected chi connectivity index (χ1v) is 16.2. The standard InChI is InChI=1S/C37H44N2S/c1-38(40-36-20-10-17-32-15-5-7-18-34(32)36)29-37(24-21-33-16-6-8-19-35(33)37)25-28-39-26-22-31(23-27-39)14-9-13-30-11-3-2-4-12-30/h2-8,10-12,15-20,31H,9,13-14,21-29H2,1H3. The Labute approximate surface area is 245 Å². The summed E-state index contributed by atoms with van der Waals surface area (Å²) >= 11 is 1.92. The monoisotopic (exact) mass is 548 g/mol. The van der Waals surface area contributed by atoms with Crippen LogP contribution in [0.25, 0.3) is 10.8 Å². The van der Waals surface area contributed by atoms with Gasteiger partial charge in [0.2, 0.25) is 0 Å². The topological polar surface area (TPSA) is 6.48 Å². The highest BCUT2D eigenvalue weighted by Crippen LogP contribution is 2.44. The summed E-state index contributed by atoms with van der Waals surface area (Å²) in [4.78, 5) is 4.13. The van der Waals surface area contributed by atoms with Crippen LogP contribution in [0.5, 0.6) is 0 Å². The Morgan fingerprint density at radius 1 is 0.850 bits per heavy atom. The minimum absolute atomic E-state index is 0.232. The Morgan fingerprint density at radius 2 is 1.60 bits per heavy atom. The molecule has 1 saturated heterocycles. The SMILES string of the molecule is CN(CC1(CCN2CCC(CCCc3ccccc3)CC2)CCc2ccccc21)Sc1cccc2ccccc12. The third-order valence-corrected chi connectivity index (χ3v) is 10.5. The van der Waals surface area contributed by atoms with Crippen LogP contribution in [0, 0.1) is 5.92 Å². The van der Waals surface area contributed by atoms with E-state index in [1.54, 1.807) is 11.1 Å². The van der Waals surface area contributed by atoms with E-state index in [-0.39, 0.29) is 5.41 Å². The van der Waals surface area contributed by atoms with Crippen LogP contribution < -0.4 is 0 Å². The van der Waals surface area contributed by atoms with E-state index in [1.165, 1.54) is 92.2 Å². The van der Waals surface area contributed by atoms with Crippen LogP contribution in [0.2, 0.25) is 0 Å². The fraction of sp³-hybridized carbons (Fsp3) is 0.405. The lowest BCUT2D eigenvalue weighted by atomic mass is 9.78. The Bertz CT molecular complexity index is 1370. The average Bonchev–Trinajstić information content (AvgIpc) is 3.36. The summed E-state index contributed by atoms with van der Waals surface area (Å²) < 4.78 is 2.52. The average molecular weight is 549 g/mol. The molecular formula is C37H44N2S. The van der Waals surface area contributed by atoms with Gasteiger partial charge in [0.05, 0.1) is 0 Å². The molecule has 1 atom stereocenters. The van der Waals surface area contributed by atoms with E-state index < -0.39 is 0 Å². The molecule has 1 aliphatic heterocycles. The predicted molar refractivity (Wildman–Crippen MR) is 172 cm³/mol. The third kappa shape index (κ3) is 6.48. The predicted octanol–water partition coefficient (Wildman–Crippen LogP) is 8.79. The summed E-state index contributed by atoms with van der Waals surface area (Å²) in [6, 6.07) is 35.8. The molecule has 0 spiro atoms. The highest BCUT2D eigenvalue weighted by Gasteiger charge is 2.40. The number of aryl methyl sites for hydroxylation is 2. The molecule has 1 unspecified atom stereocenters. The highest BCUT2D eigenvalue weighted by atomic mass is 32.2. The fourth-order valence-corrected chi connectivity index (χ4v) is 8.35. The smallest absolute Gasteiger partial charge is 0.0308 e. The molecule has 40 heavy (non-hydrogen) atoms. The molecule has 2 aliphatic rings. The largest absolute Gasteiger partial charge is 0.303 e. The normalized spacial score (nSPS) is 19.9. The second-order valence-corrected chi connectivity index (χ2v) is 13.5. The van der Waals surface area contributed by atoms with Gasteiger partial charge in [0, 0.05) is 16.9 Å². The van der Waals surface area contributed by atoms with E-state index in [2.05, 4.69) is 113 Å². The first kappa shape index (κ1) is 27.6.